The highest BCUT2D eigenvalue weighted by atomic mass is 16.2. The molecule has 0 spiro atoms. The van der Waals surface area contributed by atoms with Crippen molar-refractivity contribution < 1.29 is 9.59 Å². The Balaban J connectivity index is 1.86. The van der Waals surface area contributed by atoms with Crippen molar-refractivity contribution in [2.45, 2.75) is 13.0 Å². The average Bonchev–Trinajstić information content (AvgIpc) is 2.36. The fourth-order valence-electron chi connectivity index (χ4n) is 2.23. The van der Waals surface area contributed by atoms with Crippen molar-refractivity contribution in [2.24, 2.45) is 0 Å². The molecule has 2 aliphatic heterocycles. The lowest BCUT2D eigenvalue weighted by Gasteiger charge is -2.35. The molecule has 0 aliphatic carbocycles. The fraction of sp³-hybridized carbons (Fsp3) is 0.818. The highest BCUT2D eigenvalue weighted by Gasteiger charge is 2.28. The summed E-state index contributed by atoms with van der Waals surface area (Å²) in [6, 6.07) is -0.199. The monoisotopic (exact) mass is 240 g/mol. The van der Waals surface area contributed by atoms with E-state index in [-0.39, 0.29) is 17.9 Å². The molecule has 2 fully saturated rings. The number of carbonyl (C=O) groups is 2. The largest absolute Gasteiger partial charge is 0.353 e. The SMILES string of the molecule is CC1C(=O)NCCN1CC(=O)N1CCNCC1. The molecule has 2 rings (SSSR count). The molecule has 0 radical (unpaired) electrons. The number of nitrogens with zero attached hydrogens (tertiary/aromatic N) is 2. The summed E-state index contributed by atoms with van der Waals surface area (Å²) in [5.41, 5.74) is 0. The van der Waals surface area contributed by atoms with Crippen molar-refractivity contribution in [3.8, 4) is 0 Å². The van der Waals surface area contributed by atoms with Gasteiger partial charge in [-0.15, -0.1) is 0 Å². The van der Waals surface area contributed by atoms with Crippen LogP contribution in [0.15, 0.2) is 0 Å². The molecule has 6 nitrogen and oxygen atoms in total. The fourth-order valence-corrected chi connectivity index (χ4v) is 2.23. The maximum absolute atomic E-state index is 12.0. The first-order valence-electron chi connectivity index (χ1n) is 6.19. The second-order valence-corrected chi connectivity index (χ2v) is 4.57. The van der Waals surface area contributed by atoms with Crippen molar-refractivity contribution in [3.63, 3.8) is 0 Å². The highest BCUT2D eigenvalue weighted by Crippen LogP contribution is 2.05. The summed E-state index contributed by atoms with van der Waals surface area (Å²) < 4.78 is 0. The van der Waals surface area contributed by atoms with E-state index in [1.807, 2.05) is 16.7 Å². The normalized spacial score (nSPS) is 26.8. The third kappa shape index (κ3) is 2.95. The van der Waals surface area contributed by atoms with Gasteiger partial charge in [0.15, 0.2) is 0 Å². The van der Waals surface area contributed by atoms with Crippen molar-refractivity contribution in [2.75, 3.05) is 45.8 Å². The van der Waals surface area contributed by atoms with Crippen molar-refractivity contribution in [1.29, 1.82) is 0 Å². The molecule has 2 N–H and O–H groups in total. The summed E-state index contributed by atoms with van der Waals surface area (Å²) in [7, 11) is 0. The topological polar surface area (TPSA) is 64.7 Å². The summed E-state index contributed by atoms with van der Waals surface area (Å²) in [4.78, 5) is 27.3. The third-order valence-electron chi connectivity index (χ3n) is 3.43. The standard InChI is InChI=1S/C11H20N4O2/c1-9-11(17)13-4-7-15(9)8-10(16)14-5-2-12-3-6-14/h9,12H,2-8H2,1H3,(H,13,17). The first kappa shape index (κ1) is 12.3. The molecule has 2 aliphatic rings. The Morgan fingerprint density at radius 1 is 1.29 bits per heavy atom. The molecule has 17 heavy (non-hydrogen) atoms. The Morgan fingerprint density at radius 2 is 2.00 bits per heavy atom. The molecule has 2 heterocycles. The zero-order valence-electron chi connectivity index (χ0n) is 10.2. The Morgan fingerprint density at radius 3 is 2.71 bits per heavy atom. The lowest BCUT2D eigenvalue weighted by molar-refractivity contribution is -0.136. The first-order valence-corrected chi connectivity index (χ1v) is 6.19. The lowest BCUT2D eigenvalue weighted by Crippen LogP contribution is -2.57. The van der Waals surface area contributed by atoms with E-state index in [4.69, 9.17) is 0 Å². The number of hydrogen-bond donors (Lipinski definition) is 2. The van der Waals surface area contributed by atoms with E-state index in [9.17, 15) is 9.59 Å². The molecule has 2 saturated heterocycles. The molecule has 2 amide bonds. The number of nitrogens with one attached hydrogen (secondary N) is 2. The first-order chi connectivity index (χ1) is 8.18. The van der Waals surface area contributed by atoms with Crippen molar-refractivity contribution in [3.05, 3.63) is 0 Å². The molecule has 1 unspecified atom stereocenters. The number of amides is 2. The molecular formula is C11H20N4O2. The highest BCUT2D eigenvalue weighted by molar-refractivity contribution is 5.84. The van der Waals surface area contributed by atoms with Crippen molar-refractivity contribution in [1.82, 2.24) is 20.4 Å². The van der Waals surface area contributed by atoms with Crippen LogP contribution in [0.25, 0.3) is 0 Å². The second kappa shape index (κ2) is 5.46. The Bertz CT molecular complexity index is 302. The number of piperazine rings is 2. The molecule has 6 heteroatoms. The Kier molecular flexibility index (Phi) is 3.96. The summed E-state index contributed by atoms with van der Waals surface area (Å²) in [6.45, 7) is 6.86. The number of hydrogen-bond acceptors (Lipinski definition) is 4. The van der Waals surface area contributed by atoms with E-state index in [1.165, 1.54) is 0 Å². The van der Waals surface area contributed by atoms with Crippen LogP contribution in [-0.4, -0.2) is 73.5 Å². The van der Waals surface area contributed by atoms with Crippen LogP contribution in [0, 0.1) is 0 Å². The maximum Gasteiger partial charge on any atom is 0.237 e. The van der Waals surface area contributed by atoms with Crippen molar-refractivity contribution >= 4 is 11.8 Å². The van der Waals surface area contributed by atoms with Crippen LogP contribution in [0.2, 0.25) is 0 Å². The molecule has 0 aromatic rings. The summed E-state index contributed by atoms with van der Waals surface area (Å²) in [5.74, 6) is 0.150. The van der Waals surface area contributed by atoms with E-state index in [0.29, 0.717) is 13.1 Å². The van der Waals surface area contributed by atoms with E-state index >= 15 is 0 Å². The number of carbonyl (C=O) groups excluding carboxylic acids is 2. The van der Waals surface area contributed by atoms with E-state index in [2.05, 4.69) is 10.6 Å². The third-order valence-corrected chi connectivity index (χ3v) is 3.43. The van der Waals surface area contributed by atoms with E-state index < -0.39 is 0 Å². The quantitative estimate of drug-likeness (QED) is 0.600. The van der Waals surface area contributed by atoms with Crippen LogP contribution in [-0.2, 0) is 9.59 Å². The van der Waals surface area contributed by atoms with Gasteiger partial charge in [-0.1, -0.05) is 0 Å². The lowest BCUT2D eigenvalue weighted by atomic mass is 10.2. The summed E-state index contributed by atoms with van der Waals surface area (Å²) in [6.07, 6.45) is 0. The van der Waals surface area contributed by atoms with Crippen LogP contribution in [0.3, 0.4) is 0 Å². The summed E-state index contributed by atoms with van der Waals surface area (Å²) >= 11 is 0. The van der Waals surface area contributed by atoms with Gasteiger partial charge in [-0.2, -0.15) is 0 Å². The number of rotatable bonds is 2. The molecule has 0 bridgehead atoms. The van der Waals surface area contributed by atoms with Gasteiger partial charge in [0.05, 0.1) is 12.6 Å². The van der Waals surface area contributed by atoms with Crippen LogP contribution in [0.5, 0.6) is 0 Å². The van der Waals surface area contributed by atoms with Gasteiger partial charge in [0.1, 0.15) is 0 Å². The van der Waals surface area contributed by atoms with Gasteiger partial charge >= 0.3 is 0 Å². The maximum atomic E-state index is 12.0. The van der Waals surface area contributed by atoms with Crippen LogP contribution in [0.4, 0.5) is 0 Å². The smallest absolute Gasteiger partial charge is 0.237 e. The van der Waals surface area contributed by atoms with Gasteiger partial charge in [-0.05, 0) is 6.92 Å². The van der Waals surface area contributed by atoms with Crippen LogP contribution in [0.1, 0.15) is 6.92 Å². The zero-order valence-corrected chi connectivity index (χ0v) is 10.2. The van der Waals surface area contributed by atoms with Gasteiger partial charge in [0, 0.05) is 39.3 Å². The van der Waals surface area contributed by atoms with Gasteiger partial charge in [0.25, 0.3) is 0 Å². The zero-order chi connectivity index (χ0) is 12.3. The minimum atomic E-state index is -0.199. The summed E-state index contributed by atoms with van der Waals surface area (Å²) in [5, 5.41) is 6.02. The molecule has 1 atom stereocenters. The van der Waals surface area contributed by atoms with Gasteiger partial charge in [-0.3, -0.25) is 14.5 Å². The average molecular weight is 240 g/mol. The van der Waals surface area contributed by atoms with Gasteiger partial charge in [0.2, 0.25) is 11.8 Å². The van der Waals surface area contributed by atoms with Crippen LogP contribution < -0.4 is 10.6 Å². The Hall–Kier alpha value is -1.14. The molecule has 0 saturated carbocycles. The van der Waals surface area contributed by atoms with E-state index in [0.717, 1.165) is 32.7 Å². The molecule has 0 aromatic heterocycles. The van der Waals surface area contributed by atoms with Crippen LogP contribution >= 0.6 is 0 Å². The van der Waals surface area contributed by atoms with E-state index in [1.54, 1.807) is 0 Å². The molecule has 0 aromatic carbocycles. The minimum absolute atomic E-state index is 0.0179. The predicted molar refractivity (Wildman–Crippen MR) is 63.5 cm³/mol. The molecular weight excluding hydrogens is 220 g/mol. The molecule has 96 valence electrons. The van der Waals surface area contributed by atoms with Gasteiger partial charge < -0.3 is 15.5 Å². The predicted octanol–water partition coefficient (Wildman–Crippen LogP) is -1.76. The Labute approximate surface area is 101 Å². The van der Waals surface area contributed by atoms with Gasteiger partial charge in [-0.25, -0.2) is 0 Å². The second-order valence-electron chi connectivity index (χ2n) is 4.57. The minimum Gasteiger partial charge on any atom is -0.353 e.